The molecule has 0 aliphatic carbocycles. The largest absolute Gasteiger partial charge is 0.270 e. The third-order valence-corrected chi connectivity index (χ3v) is 25.3. The van der Waals surface area contributed by atoms with E-state index in [2.05, 4.69) is 161 Å². The van der Waals surface area contributed by atoms with Gasteiger partial charge in [0.25, 0.3) is 5.69 Å². The van der Waals surface area contributed by atoms with Crippen molar-refractivity contribution in [2.24, 2.45) is 0 Å². The van der Waals surface area contributed by atoms with E-state index < -0.39 is 16.1 Å². The highest BCUT2D eigenvalue weighted by atomic mass is 28.3. The summed E-state index contributed by atoms with van der Waals surface area (Å²) in [7, 11) is -4.19. The molecule has 0 fully saturated rings. The van der Waals surface area contributed by atoms with E-state index in [1.165, 1.54) is 21.5 Å². The monoisotopic (exact) mass is 733 g/mol. The van der Waals surface area contributed by atoms with Crippen molar-refractivity contribution in [1.82, 2.24) is 0 Å². The van der Waals surface area contributed by atoms with Gasteiger partial charge in [-0.1, -0.05) is 143 Å². The van der Waals surface area contributed by atoms with Crippen LogP contribution in [-0.4, -0.2) is 21.1 Å². The summed E-state index contributed by atoms with van der Waals surface area (Å²) in [5.41, 5.74) is 13.3. The zero-order chi connectivity index (χ0) is 38.6. The molecule has 0 spiro atoms. The normalized spacial score (nSPS) is 12.6. The Hall–Kier alpha value is -4.43. The molecule has 3 nitrogen and oxygen atoms in total. The zero-order valence-electron chi connectivity index (χ0n) is 33.7. The van der Waals surface area contributed by atoms with Crippen molar-refractivity contribution in [3.8, 4) is 22.9 Å². The minimum absolute atomic E-state index is 0.0982. The van der Waals surface area contributed by atoms with Gasteiger partial charge in [0.15, 0.2) is 0 Å². The first-order valence-electron chi connectivity index (χ1n) is 19.5. The van der Waals surface area contributed by atoms with Gasteiger partial charge in [-0.3, -0.25) is 10.1 Å². The maximum absolute atomic E-state index is 11.8. The van der Waals surface area contributed by atoms with Gasteiger partial charge in [-0.25, -0.2) is 0 Å². The van der Waals surface area contributed by atoms with Crippen molar-refractivity contribution >= 4 is 75.7 Å². The van der Waals surface area contributed by atoms with Crippen LogP contribution in [-0.2, 0) is 0 Å². The molecule has 6 rings (SSSR count). The average molecular weight is 734 g/mol. The van der Waals surface area contributed by atoms with Crippen LogP contribution in [0.4, 0.5) is 5.69 Å². The maximum Gasteiger partial charge on any atom is 0.270 e. The van der Waals surface area contributed by atoms with Gasteiger partial charge < -0.3 is 0 Å². The number of benzene rings is 6. The molecule has 0 aromatic heterocycles. The van der Waals surface area contributed by atoms with Crippen molar-refractivity contribution < 1.29 is 4.92 Å². The second kappa shape index (κ2) is 14.4. The molecule has 6 aromatic rings. The van der Waals surface area contributed by atoms with E-state index >= 15 is 0 Å². The molecule has 5 heteroatoms. The Kier molecular flexibility index (Phi) is 10.4. The van der Waals surface area contributed by atoms with Crippen molar-refractivity contribution in [2.75, 3.05) is 0 Å². The summed E-state index contributed by atoms with van der Waals surface area (Å²) < 4.78 is 0. The lowest BCUT2D eigenvalue weighted by Crippen LogP contribution is -2.43. The van der Waals surface area contributed by atoms with Crippen LogP contribution in [0.2, 0.25) is 33.2 Å². The highest BCUT2D eigenvalue weighted by molar-refractivity contribution is 6.91. The lowest BCUT2D eigenvalue weighted by atomic mass is 9.87. The summed E-state index contributed by atoms with van der Waals surface area (Å²) in [6.45, 7) is 28.4. The Bertz CT molecular complexity index is 2490. The first-order chi connectivity index (χ1) is 25.1. The topological polar surface area (TPSA) is 43.1 Å². The van der Waals surface area contributed by atoms with E-state index in [0.717, 1.165) is 43.4 Å². The van der Waals surface area contributed by atoms with E-state index in [-0.39, 0.29) is 10.6 Å². The molecule has 0 amide bonds. The van der Waals surface area contributed by atoms with Gasteiger partial charge in [0.1, 0.15) is 16.1 Å². The van der Waals surface area contributed by atoms with Crippen LogP contribution < -0.4 is 0 Å². The molecular weight excluding hydrogens is 679 g/mol. The molecule has 0 radical (unpaired) electrons. The fraction of sp³-hybridized carbons (Fsp3) is 0.375. The molecule has 0 aliphatic rings. The Morgan fingerprint density at radius 3 is 1.30 bits per heavy atom. The van der Waals surface area contributed by atoms with E-state index in [4.69, 9.17) is 0 Å². The van der Waals surface area contributed by atoms with Gasteiger partial charge in [0.05, 0.1) is 4.92 Å². The van der Waals surface area contributed by atoms with Gasteiger partial charge in [-0.05, 0) is 94.5 Å². The van der Waals surface area contributed by atoms with Crippen LogP contribution in [0.1, 0.15) is 94.2 Å². The minimum Gasteiger partial charge on any atom is -0.258 e. The fourth-order valence-electron chi connectivity index (χ4n) is 10.2. The number of fused-ring (bicyclic) bond motifs is 9. The van der Waals surface area contributed by atoms with Gasteiger partial charge in [0.2, 0.25) is 0 Å². The Morgan fingerprint density at radius 1 is 0.472 bits per heavy atom. The minimum atomic E-state index is -2.10. The van der Waals surface area contributed by atoms with Gasteiger partial charge >= 0.3 is 0 Å². The third-order valence-electron chi connectivity index (χ3n) is 12.7. The van der Waals surface area contributed by atoms with Crippen LogP contribution in [0, 0.1) is 33.0 Å². The number of nitro groups is 1. The summed E-state index contributed by atoms with van der Waals surface area (Å²) in [6.07, 6.45) is 0. The van der Waals surface area contributed by atoms with E-state index in [1.54, 1.807) is 12.1 Å². The van der Waals surface area contributed by atoms with E-state index in [1.807, 2.05) is 12.1 Å². The Morgan fingerprint density at radius 2 is 0.868 bits per heavy atom. The maximum atomic E-state index is 11.8. The highest BCUT2D eigenvalue weighted by Crippen LogP contribution is 2.45. The second-order valence-corrected chi connectivity index (χ2v) is 28.3. The van der Waals surface area contributed by atoms with E-state index in [0.29, 0.717) is 33.2 Å². The van der Waals surface area contributed by atoms with Crippen molar-refractivity contribution in [1.29, 1.82) is 0 Å². The molecule has 6 aromatic carbocycles. The first-order valence-corrected chi connectivity index (χ1v) is 24.0. The molecule has 0 saturated heterocycles. The van der Waals surface area contributed by atoms with Crippen LogP contribution in [0.25, 0.3) is 53.9 Å². The zero-order valence-corrected chi connectivity index (χ0v) is 35.7. The molecule has 53 heavy (non-hydrogen) atoms. The van der Waals surface area contributed by atoms with Crippen molar-refractivity contribution in [2.45, 2.75) is 116 Å². The smallest absolute Gasteiger partial charge is 0.258 e. The molecule has 0 bridgehead atoms. The molecule has 0 atom stereocenters. The summed E-state index contributed by atoms with van der Waals surface area (Å²) >= 11 is 0. The standard InChI is InChI=1S/C48H55NO2Si2/c1-30(2)52(31(3)4,32(5)6)25-23-38-28-45-41-16-14-13-15-36(41)17-20-43(45)47-39(24-26-53(33(7)8,34(9)10)35(11)12)29-46-42-22-19-40(49(50)51)27-37(42)18-21-44(46)48(38)47/h13-22,27-35H,1-12H3. The molecule has 0 heterocycles. The summed E-state index contributed by atoms with van der Waals surface area (Å²) in [5, 5.41) is 22.9. The summed E-state index contributed by atoms with van der Waals surface area (Å²) in [6, 6.07) is 27.3. The highest BCUT2D eigenvalue weighted by Gasteiger charge is 2.43. The van der Waals surface area contributed by atoms with Gasteiger partial charge in [0, 0.05) is 34.0 Å². The SMILES string of the molecule is CC(C)[Si](C#Cc1cc2c3ccc([N+](=O)[O-])cc3ccc2c2c(C#C[Si](C(C)C)(C(C)C)C(C)C)cc3c4ccccc4ccc3c12)(C(C)C)C(C)C. The van der Waals surface area contributed by atoms with Crippen LogP contribution in [0.5, 0.6) is 0 Å². The predicted molar refractivity (Wildman–Crippen MR) is 236 cm³/mol. The number of nitrogens with zero attached hydrogens (tertiary/aromatic N) is 1. The van der Waals surface area contributed by atoms with Crippen molar-refractivity contribution in [3.05, 3.63) is 100 Å². The first kappa shape index (κ1) is 38.3. The Labute approximate surface area is 318 Å². The lowest BCUT2D eigenvalue weighted by Gasteiger charge is -2.38. The molecule has 272 valence electrons. The number of non-ortho nitro benzene ring substituents is 1. The van der Waals surface area contributed by atoms with Crippen LogP contribution in [0.3, 0.4) is 0 Å². The molecule has 0 unspecified atom stereocenters. The van der Waals surface area contributed by atoms with Crippen LogP contribution in [0.15, 0.2) is 78.9 Å². The second-order valence-electron chi connectivity index (χ2n) is 17.1. The molecular formula is C48H55NO2Si2. The summed E-state index contributed by atoms with van der Waals surface area (Å²) in [5.74, 6) is 7.85. The molecule has 0 N–H and O–H groups in total. The van der Waals surface area contributed by atoms with Crippen molar-refractivity contribution in [3.63, 3.8) is 0 Å². The third kappa shape index (κ3) is 6.27. The number of hydrogen-bond donors (Lipinski definition) is 0. The summed E-state index contributed by atoms with van der Waals surface area (Å²) in [4.78, 5) is 11.5. The number of nitro benzene ring substituents is 1. The average Bonchev–Trinajstić information content (AvgIpc) is 3.10. The number of hydrogen-bond acceptors (Lipinski definition) is 2. The Balaban J connectivity index is 1.90. The molecule has 0 aliphatic heterocycles. The van der Waals surface area contributed by atoms with E-state index in [9.17, 15) is 10.1 Å². The predicted octanol–water partition coefficient (Wildman–Crippen LogP) is 14.5. The van der Waals surface area contributed by atoms with Gasteiger partial charge in [-0.15, -0.1) is 11.1 Å². The lowest BCUT2D eigenvalue weighted by molar-refractivity contribution is -0.384. The van der Waals surface area contributed by atoms with Gasteiger partial charge in [-0.2, -0.15) is 0 Å². The molecule has 0 saturated carbocycles. The quantitative estimate of drug-likeness (QED) is 0.0539. The fourth-order valence-corrected chi connectivity index (χ4v) is 20.6. The van der Waals surface area contributed by atoms with Crippen LogP contribution >= 0.6 is 0 Å². The number of rotatable bonds is 7.